The zero-order valence-electron chi connectivity index (χ0n) is 48.4. The number of hydrogen-bond acceptors (Lipinski definition) is 9. The van der Waals surface area contributed by atoms with Gasteiger partial charge in [0, 0.05) is 48.8 Å². The normalized spacial score (nSPS) is 12.7. The second-order valence-corrected chi connectivity index (χ2v) is 24.0. The Labute approximate surface area is 452 Å². The number of benzene rings is 1. The number of thioether (sulfide) groups is 1. The van der Waals surface area contributed by atoms with Crippen molar-refractivity contribution in [2.75, 3.05) is 36.6 Å². The number of rotatable bonds is 49. The molecular weight excluding hydrogens is 933 g/mol. The van der Waals surface area contributed by atoms with Gasteiger partial charge in [0.25, 0.3) is 5.91 Å². The summed E-state index contributed by atoms with van der Waals surface area (Å²) in [4.78, 5) is 51.6. The molecule has 73 heavy (non-hydrogen) atoms. The molecule has 0 saturated heterocycles. The van der Waals surface area contributed by atoms with Crippen LogP contribution in [0, 0.1) is 0 Å². The Balaban J connectivity index is 2.49. The molecule has 0 bridgehead atoms. The smallest absolute Gasteiger partial charge is 0.329 e. The van der Waals surface area contributed by atoms with Crippen LogP contribution in [0.2, 0.25) is 0 Å². The van der Waals surface area contributed by atoms with Gasteiger partial charge >= 0.3 is 11.9 Å². The molecule has 0 aliphatic rings. The molecule has 0 heterocycles. The Morgan fingerprint density at radius 1 is 0.521 bits per heavy atom. The lowest BCUT2D eigenvalue weighted by Crippen LogP contribution is -2.44. The van der Waals surface area contributed by atoms with E-state index in [2.05, 4.69) is 24.5 Å². The molecule has 0 fully saturated rings. The van der Waals surface area contributed by atoms with Crippen LogP contribution in [-0.4, -0.2) is 78.4 Å². The van der Waals surface area contributed by atoms with E-state index in [9.17, 15) is 19.2 Å². The van der Waals surface area contributed by atoms with Crippen LogP contribution in [0.1, 0.15) is 290 Å². The fourth-order valence-electron chi connectivity index (χ4n) is 8.84. The van der Waals surface area contributed by atoms with Crippen LogP contribution in [-0.2, 0) is 33.3 Å². The summed E-state index contributed by atoms with van der Waals surface area (Å²) in [5.74, 6) is -0.265. The largest absolute Gasteiger partial charge is 0.460 e. The molecule has 10 nitrogen and oxygen atoms in total. The Kier molecular flexibility index (Phi) is 42.7. The van der Waals surface area contributed by atoms with E-state index >= 15 is 0 Å². The maximum Gasteiger partial charge on any atom is 0.329 e. The van der Waals surface area contributed by atoms with Gasteiger partial charge in [0.15, 0.2) is 0 Å². The molecule has 0 aliphatic heterocycles. The van der Waals surface area contributed by atoms with Crippen molar-refractivity contribution in [2.45, 2.75) is 303 Å². The van der Waals surface area contributed by atoms with Crippen molar-refractivity contribution < 1.29 is 38.1 Å². The van der Waals surface area contributed by atoms with Crippen LogP contribution in [0.3, 0.4) is 0 Å². The van der Waals surface area contributed by atoms with E-state index in [0.717, 1.165) is 31.8 Å². The molecule has 1 rings (SSSR count). The number of hydrogen-bond donors (Lipinski definition) is 2. The fourth-order valence-corrected chi connectivity index (χ4v) is 9.79. The Bertz CT molecular complexity index is 1490. The SMILES string of the molecule is CCCCCCCCCCCCCCCCCCOCC(CSCCC(=O)Nc1ccc(C(=O)N[C@@H](CCC(=O)OC(C)(C)C)C(=O)OC(C)(C)C)cc1)OCCCCCCCCCCCCCCCCCC. The van der Waals surface area contributed by atoms with Gasteiger partial charge in [0.05, 0.1) is 12.7 Å². The highest BCUT2D eigenvalue weighted by atomic mass is 32.2. The minimum atomic E-state index is -1.05. The molecular formula is C62H112N2O8S. The van der Waals surface area contributed by atoms with E-state index in [0.29, 0.717) is 30.0 Å². The van der Waals surface area contributed by atoms with Crippen molar-refractivity contribution in [1.29, 1.82) is 0 Å². The van der Waals surface area contributed by atoms with E-state index in [1.54, 1.807) is 77.6 Å². The van der Waals surface area contributed by atoms with Gasteiger partial charge in [-0.1, -0.05) is 206 Å². The van der Waals surface area contributed by atoms with Crippen molar-refractivity contribution in [3.05, 3.63) is 29.8 Å². The van der Waals surface area contributed by atoms with Crippen LogP contribution in [0.4, 0.5) is 5.69 Å². The lowest BCUT2D eigenvalue weighted by atomic mass is 10.0. The summed E-state index contributed by atoms with van der Waals surface area (Å²) in [5.41, 5.74) is -0.561. The van der Waals surface area contributed by atoms with Crippen molar-refractivity contribution in [1.82, 2.24) is 5.32 Å². The molecule has 1 aromatic rings. The quantitative estimate of drug-likeness (QED) is 0.0484. The van der Waals surface area contributed by atoms with Crippen LogP contribution >= 0.6 is 11.8 Å². The van der Waals surface area contributed by atoms with Gasteiger partial charge in [0.2, 0.25) is 5.91 Å². The van der Waals surface area contributed by atoms with Gasteiger partial charge in [-0.15, -0.1) is 0 Å². The highest BCUT2D eigenvalue weighted by molar-refractivity contribution is 7.99. The van der Waals surface area contributed by atoms with Gasteiger partial charge in [0.1, 0.15) is 17.2 Å². The number of esters is 2. The van der Waals surface area contributed by atoms with Gasteiger partial charge in [-0.3, -0.25) is 14.4 Å². The summed E-state index contributed by atoms with van der Waals surface area (Å²) in [6.45, 7) is 17.2. The zero-order valence-corrected chi connectivity index (χ0v) is 49.2. The number of carbonyl (C=O) groups is 4. The first kappa shape index (κ1) is 68.4. The van der Waals surface area contributed by atoms with E-state index in [1.807, 2.05) is 0 Å². The Hall–Kier alpha value is -2.63. The molecule has 2 amide bonds. The Morgan fingerprint density at radius 3 is 1.36 bits per heavy atom. The van der Waals surface area contributed by atoms with Gasteiger partial charge in [-0.25, -0.2) is 4.79 Å². The van der Waals surface area contributed by atoms with Gasteiger partial charge < -0.3 is 29.6 Å². The third-order valence-corrected chi connectivity index (χ3v) is 14.2. The molecule has 0 aliphatic carbocycles. The molecule has 424 valence electrons. The molecule has 0 aromatic heterocycles. The molecule has 0 spiro atoms. The second kappa shape index (κ2) is 45.6. The molecule has 2 atom stereocenters. The number of nitrogens with one attached hydrogen (secondary N) is 2. The minimum absolute atomic E-state index is 0.00335. The van der Waals surface area contributed by atoms with Crippen molar-refractivity contribution in [3.8, 4) is 0 Å². The number of carbonyl (C=O) groups excluding carboxylic acids is 4. The molecule has 2 N–H and O–H groups in total. The van der Waals surface area contributed by atoms with Crippen LogP contribution in [0.15, 0.2) is 24.3 Å². The standard InChI is InChI=1S/C62H112N2O8S/c1-9-11-13-15-17-19-21-23-25-27-29-31-33-35-37-39-48-69-51-55(70-49-40-38-36-34-32-30-28-26-24-22-20-18-16-14-12-10-2)52-73-50-47-57(65)63-54-43-41-53(42-44-54)59(67)64-56(60(68)72-62(6,7)8)45-46-58(66)71-61(3,4)5/h41-44,55-56H,9-40,45-52H2,1-8H3,(H,63,65)(H,64,67)/t55?,56-/m0/s1. The lowest BCUT2D eigenvalue weighted by molar-refractivity contribution is -0.158. The average Bonchev–Trinajstić information content (AvgIpc) is 3.33. The molecule has 11 heteroatoms. The van der Waals surface area contributed by atoms with Crippen LogP contribution in [0.25, 0.3) is 0 Å². The van der Waals surface area contributed by atoms with Gasteiger partial charge in [-0.2, -0.15) is 11.8 Å². The topological polar surface area (TPSA) is 129 Å². The first-order chi connectivity index (χ1) is 35.1. The summed E-state index contributed by atoms with van der Waals surface area (Å²) in [6.07, 6.45) is 43.6. The summed E-state index contributed by atoms with van der Waals surface area (Å²) in [6, 6.07) is 5.49. The molecule has 1 unspecified atom stereocenters. The van der Waals surface area contributed by atoms with Crippen molar-refractivity contribution >= 4 is 41.2 Å². The first-order valence-corrected chi connectivity index (χ1v) is 31.2. The Morgan fingerprint density at radius 2 is 0.932 bits per heavy atom. The van der Waals surface area contributed by atoms with Crippen LogP contribution < -0.4 is 10.6 Å². The summed E-state index contributed by atoms with van der Waals surface area (Å²) in [5, 5.41) is 5.67. The maximum atomic E-state index is 13.2. The van der Waals surface area contributed by atoms with E-state index in [4.69, 9.17) is 18.9 Å². The highest BCUT2D eigenvalue weighted by Crippen LogP contribution is 2.19. The predicted molar refractivity (Wildman–Crippen MR) is 309 cm³/mol. The van der Waals surface area contributed by atoms with Gasteiger partial charge in [-0.05, 0) is 85.1 Å². The minimum Gasteiger partial charge on any atom is -0.460 e. The van der Waals surface area contributed by atoms with Crippen molar-refractivity contribution in [3.63, 3.8) is 0 Å². The van der Waals surface area contributed by atoms with Crippen LogP contribution in [0.5, 0.6) is 0 Å². The third kappa shape index (κ3) is 44.2. The highest BCUT2D eigenvalue weighted by Gasteiger charge is 2.29. The number of unbranched alkanes of at least 4 members (excludes halogenated alkanes) is 30. The monoisotopic (exact) mass is 1040 g/mol. The third-order valence-electron chi connectivity index (χ3n) is 13.1. The fraction of sp³-hybridized carbons (Fsp3) is 0.839. The summed E-state index contributed by atoms with van der Waals surface area (Å²) < 4.78 is 23.5. The van der Waals surface area contributed by atoms with E-state index < -0.39 is 35.1 Å². The summed E-state index contributed by atoms with van der Waals surface area (Å²) in [7, 11) is 0. The second-order valence-electron chi connectivity index (χ2n) is 22.8. The van der Waals surface area contributed by atoms with E-state index in [-0.39, 0.29) is 24.9 Å². The lowest BCUT2D eigenvalue weighted by Gasteiger charge is -2.25. The zero-order chi connectivity index (χ0) is 53.7. The number of ether oxygens (including phenoxy) is 4. The number of anilines is 1. The molecule has 0 radical (unpaired) electrons. The maximum absolute atomic E-state index is 13.2. The summed E-state index contributed by atoms with van der Waals surface area (Å²) >= 11 is 1.72. The average molecular weight is 1050 g/mol. The molecule has 1 aromatic carbocycles. The predicted octanol–water partition coefficient (Wildman–Crippen LogP) is 17.2. The number of amides is 2. The van der Waals surface area contributed by atoms with Crippen molar-refractivity contribution in [2.24, 2.45) is 0 Å². The van der Waals surface area contributed by atoms with E-state index in [1.165, 1.54) is 193 Å². The first-order valence-electron chi connectivity index (χ1n) is 30.1. The molecule has 0 saturated carbocycles.